The summed E-state index contributed by atoms with van der Waals surface area (Å²) in [4.78, 5) is 4.27. The fraction of sp³-hybridized carbons (Fsp3) is 0.545. The standard InChI is InChI=1S/C11H17N5O2/c1-4-17-6-9(12)10-14-11(18-15-10)8-5-13-16(3)7(8)2/h5,9H,4,6,12H2,1-3H3. The molecular formula is C11H17N5O2. The molecule has 0 saturated heterocycles. The maximum Gasteiger partial charge on any atom is 0.261 e. The Morgan fingerprint density at radius 1 is 1.56 bits per heavy atom. The predicted molar refractivity (Wildman–Crippen MR) is 64.7 cm³/mol. The van der Waals surface area contributed by atoms with Crippen LogP contribution in [0.3, 0.4) is 0 Å². The van der Waals surface area contributed by atoms with Gasteiger partial charge in [-0.2, -0.15) is 10.1 Å². The number of aromatic nitrogens is 4. The maximum atomic E-state index is 5.88. The van der Waals surface area contributed by atoms with E-state index in [2.05, 4.69) is 15.2 Å². The molecule has 1 unspecified atom stereocenters. The van der Waals surface area contributed by atoms with Crippen molar-refractivity contribution in [3.63, 3.8) is 0 Å². The van der Waals surface area contributed by atoms with Gasteiger partial charge in [0.25, 0.3) is 5.89 Å². The molecule has 0 aliphatic rings. The Labute approximate surface area is 105 Å². The van der Waals surface area contributed by atoms with Gasteiger partial charge in [0.15, 0.2) is 5.82 Å². The van der Waals surface area contributed by atoms with Gasteiger partial charge in [-0.3, -0.25) is 4.68 Å². The molecule has 2 aromatic heterocycles. The van der Waals surface area contributed by atoms with Crippen LogP contribution in [0.2, 0.25) is 0 Å². The highest BCUT2D eigenvalue weighted by Gasteiger charge is 2.18. The van der Waals surface area contributed by atoms with Gasteiger partial charge in [0.1, 0.15) is 0 Å². The third-order valence-corrected chi connectivity index (χ3v) is 2.74. The van der Waals surface area contributed by atoms with Crippen LogP contribution in [-0.4, -0.2) is 33.1 Å². The van der Waals surface area contributed by atoms with E-state index in [4.69, 9.17) is 15.0 Å². The third kappa shape index (κ3) is 2.41. The smallest absolute Gasteiger partial charge is 0.261 e. The molecule has 0 aromatic carbocycles. The molecule has 0 aliphatic carbocycles. The zero-order valence-corrected chi connectivity index (χ0v) is 10.8. The first-order valence-corrected chi connectivity index (χ1v) is 5.79. The van der Waals surface area contributed by atoms with Crippen molar-refractivity contribution in [2.45, 2.75) is 19.9 Å². The first kappa shape index (κ1) is 12.7. The summed E-state index contributed by atoms with van der Waals surface area (Å²) in [6.07, 6.45) is 1.70. The Kier molecular flexibility index (Phi) is 3.73. The Bertz CT molecular complexity index is 519. The summed E-state index contributed by atoms with van der Waals surface area (Å²) in [5.41, 5.74) is 7.67. The topological polar surface area (TPSA) is 92.0 Å². The molecule has 7 heteroatoms. The third-order valence-electron chi connectivity index (χ3n) is 2.74. The molecule has 0 bridgehead atoms. The van der Waals surface area contributed by atoms with Gasteiger partial charge < -0.3 is 15.0 Å². The summed E-state index contributed by atoms with van der Waals surface area (Å²) in [6.45, 7) is 4.83. The van der Waals surface area contributed by atoms with Gasteiger partial charge in [-0.05, 0) is 13.8 Å². The van der Waals surface area contributed by atoms with Gasteiger partial charge in [0.2, 0.25) is 0 Å². The Morgan fingerprint density at radius 2 is 2.33 bits per heavy atom. The molecule has 7 nitrogen and oxygen atoms in total. The van der Waals surface area contributed by atoms with Crippen LogP contribution in [0.15, 0.2) is 10.7 Å². The van der Waals surface area contributed by atoms with Crippen molar-refractivity contribution in [3.05, 3.63) is 17.7 Å². The van der Waals surface area contributed by atoms with Gasteiger partial charge in [0, 0.05) is 19.3 Å². The van der Waals surface area contributed by atoms with E-state index in [-0.39, 0.29) is 6.04 Å². The van der Waals surface area contributed by atoms with Crippen LogP contribution in [0.5, 0.6) is 0 Å². The number of hydrogen-bond acceptors (Lipinski definition) is 6. The van der Waals surface area contributed by atoms with E-state index in [1.54, 1.807) is 10.9 Å². The molecule has 0 fully saturated rings. The molecule has 2 heterocycles. The number of rotatable bonds is 5. The van der Waals surface area contributed by atoms with E-state index in [1.807, 2.05) is 20.9 Å². The van der Waals surface area contributed by atoms with Gasteiger partial charge in [-0.1, -0.05) is 5.16 Å². The van der Waals surface area contributed by atoms with Crippen molar-refractivity contribution >= 4 is 0 Å². The highest BCUT2D eigenvalue weighted by Crippen LogP contribution is 2.21. The summed E-state index contributed by atoms with van der Waals surface area (Å²) >= 11 is 0. The summed E-state index contributed by atoms with van der Waals surface area (Å²) in [6, 6.07) is -0.376. The van der Waals surface area contributed by atoms with Crippen LogP contribution in [0.1, 0.15) is 24.5 Å². The van der Waals surface area contributed by atoms with Crippen LogP contribution < -0.4 is 5.73 Å². The average molecular weight is 251 g/mol. The van der Waals surface area contributed by atoms with Crippen molar-refractivity contribution in [2.75, 3.05) is 13.2 Å². The molecule has 18 heavy (non-hydrogen) atoms. The molecule has 2 aromatic rings. The van der Waals surface area contributed by atoms with Crippen molar-refractivity contribution in [1.29, 1.82) is 0 Å². The Morgan fingerprint density at radius 3 is 2.94 bits per heavy atom. The zero-order chi connectivity index (χ0) is 13.1. The fourth-order valence-corrected chi connectivity index (χ4v) is 1.52. The predicted octanol–water partition coefficient (Wildman–Crippen LogP) is 0.815. The van der Waals surface area contributed by atoms with Gasteiger partial charge >= 0.3 is 0 Å². The van der Waals surface area contributed by atoms with E-state index >= 15 is 0 Å². The second-order valence-electron chi connectivity index (χ2n) is 3.99. The first-order chi connectivity index (χ1) is 8.63. The highest BCUT2D eigenvalue weighted by molar-refractivity contribution is 5.54. The van der Waals surface area contributed by atoms with Crippen LogP contribution in [0.4, 0.5) is 0 Å². The van der Waals surface area contributed by atoms with Crippen LogP contribution in [-0.2, 0) is 11.8 Å². The van der Waals surface area contributed by atoms with E-state index < -0.39 is 0 Å². The van der Waals surface area contributed by atoms with Crippen molar-refractivity contribution in [2.24, 2.45) is 12.8 Å². The van der Waals surface area contributed by atoms with Crippen molar-refractivity contribution in [1.82, 2.24) is 19.9 Å². The lowest BCUT2D eigenvalue weighted by Gasteiger charge is -2.05. The van der Waals surface area contributed by atoms with E-state index in [9.17, 15) is 0 Å². The molecule has 0 radical (unpaired) electrons. The lowest BCUT2D eigenvalue weighted by molar-refractivity contribution is 0.130. The normalized spacial score (nSPS) is 12.9. The quantitative estimate of drug-likeness (QED) is 0.845. The number of nitrogens with two attached hydrogens (primary N) is 1. The Balaban J connectivity index is 2.17. The Hall–Kier alpha value is -1.73. The van der Waals surface area contributed by atoms with Gasteiger partial charge in [0.05, 0.1) is 24.4 Å². The lowest BCUT2D eigenvalue weighted by Crippen LogP contribution is -2.18. The molecule has 0 saturated carbocycles. The minimum Gasteiger partial charge on any atom is -0.380 e. The SMILES string of the molecule is CCOCC(N)c1noc(-c2cnn(C)c2C)n1. The average Bonchev–Trinajstić information content (AvgIpc) is 2.95. The second kappa shape index (κ2) is 5.28. The maximum absolute atomic E-state index is 5.88. The lowest BCUT2D eigenvalue weighted by atomic mass is 10.2. The molecular weight excluding hydrogens is 234 g/mol. The molecule has 2 rings (SSSR count). The van der Waals surface area contributed by atoms with Gasteiger partial charge in [-0.25, -0.2) is 0 Å². The van der Waals surface area contributed by atoms with E-state index in [0.29, 0.717) is 24.9 Å². The number of aryl methyl sites for hydroxylation is 1. The monoisotopic (exact) mass is 251 g/mol. The largest absolute Gasteiger partial charge is 0.380 e. The summed E-state index contributed by atoms with van der Waals surface area (Å²) in [5, 5.41) is 8.00. The van der Waals surface area contributed by atoms with E-state index in [0.717, 1.165) is 11.3 Å². The van der Waals surface area contributed by atoms with Crippen molar-refractivity contribution < 1.29 is 9.26 Å². The van der Waals surface area contributed by atoms with Crippen LogP contribution >= 0.6 is 0 Å². The number of nitrogens with zero attached hydrogens (tertiary/aromatic N) is 4. The summed E-state index contributed by atoms with van der Waals surface area (Å²) in [5.74, 6) is 0.879. The minimum atomic E-state index is -0.376. The molecule has 0 spiro atoms. The fourth-order valence-electron chi connectivity index (χ4n) is 1.52. The van der Waals surface area contributed by atoms with Crippen LogP contribution in [0.25, 0.3) is 11.5 Å². The first-order valence-electron chi connectivity index (χ1n) is 5.79. The minimum absolute atomic E-state index is 0.376. The van der Waals surface area contributed by atoms with Crippen molar-refractivity contribution in [3.8, 4) is 11.5 Å². The molecule has 1 atom stereocenters. The molecule has 2 N–H and O–H groups in total. The van der Waals surface area contributed by atoms with Crippen LogP contribution in [0, 0.1) is 6.92 Å². The molecule has 0 amide bonds. The van der Waals surface area contributed by atoms with E-state index in [1.165, 1.54) is 0 Å². The van der Waals surface area contributed by atoms with Gasteiger partial charge in [-0.15, -0.1) is 0 Å². The summed E-state index contributed by atoms with van der Waals surface area (Å²) < 4.78 is 12.2. The highest BCUT2D eigenvalue weighted by atomic mass is 16.5. The zero-order valence-electron chi connectivity index (χ0n) is 10.8. The second-order valence-corrected chi connectivity index (χ2v) is 3.99. The number of hydrogen-bond donors (Lipinski definition) is 1. The number of ether oxygens (including phenoxy) is 1. The molecule has 98 valence electrons. The molecule has 0 aliphatic heterocycles. The summed E-state index contributed by atoms with van der Waals surface area (Å²) in [7, 11) is 1.86.